The number of urea groups is 1. The predicted octanol–water partition coefficient (Wildman–Crippen LogP) is 0.491. The van der Waals surface area contributed by atoms with Crippen molar-refractivity contribution in [2.45, 2.75) is 32.2 Å². The Balaban J connectivity index is 2.25. The predicted molar refractivity (Wildman–Crippen MR) is 68.5 cm³/mol. The molecule has 0 aliphatic carbocycles. The van der Waals surface area contributed by atoms with Gasteiger partial charge in [-0.25, -0.2) is 4.79 Å². The molecule has 3 N–H and O–H groups in total. The van der Waals surface area contributed by atoms with E-state index in [9.17, 15) is 9.59 Å². The molecule has 18 heavy (non-hydrogen) atoms. The van der Waals surface area contributed by atoms with Crippen LogP contribution in [-0.2, 0) is 4.79 Å². The lowest BCUT2D eigenvalue weighted by Gasteiger charge is -2.16. The Labute approximate surface area is 108 Å². The molecule has 6 heteroatoms. The first-order chi connectivity index (χ1) is 8.52. The largest absolute Gasteiger partial charge is 0.481 e. The zero-order valence-corrected chi connectivity index (χ0v) is 11.1. The van der Waals surface area contributed by atoms with Crippen LogP contribution in [0, 0.1) is 5.92 Å². The third kappa shape index (κ3) is 4.91. The van der Waals surface area contributed by atoms with E-state index >= 15 is 0 Å². The molecule has 0 bridgehead atoms. The lowest BCUT2D eigenvalue weighted by molar-refractivity contribution is -0.141. The third-order valence-corrected chi connectivity index (χ3v) is 3.22. The van der Waals surface area contributed by atoms with Crippen LogP contribution in [0.15, 0.2) is 0 Å². The van der Waals surface area contributed by atoms with Gasteiger partial charge in [-0.1, -0.05) is 13.3 Å². The number of carboxylic acids is 1. The maximum atomic E-state index is 11.6. The van der Waals surface area contributed by atoms with Gasteiger partial charge in [-0.2, -0.15) is 0 Å². The summed E-state index contributed by atoms with van der Waals surface area (Å²) in [5.74, 6) is -1.34. The van der Waals surface area contributed by atoms with Crippen molar-refractivity contribution in [2.75, 3.05) is 26.7 Å². The summed E-state index contributed by atoms with van der Waals surface area (Å²) in [5.41, 5.74) is 0. The van der Waals surface area contributed by atoms with Crippen molar-refractivity contribution in [1.82, 2.24) is 15.5 Å². The highest BCUT2D eigenvalue weighted by atomic mass is 16.4. The zero-order valence-electron chi connectivity index (χ0n) is 11.1. The van der Waals surface area contributed by atoms with Crippen LogP contribution in [0.1, 0.15) is 26.2 Å². The Morgan fingerprint density at radius 3 is 2.72 bits per heavy atom. The number of rotatable bonds is 6. The molecule has 2 unspecified atom stereocenters. The molecular weight excluding hydrogens is 234 g/mol. The number of likely N-dealkylation sites (N-methyl/N-ethyl adjacent to an activating group) is 1. The first-order valence-electron chi connectivity index (χ1n) is 6.48. The van der Waals surface area contributed by atoms with Gasteiger partial charge in [0, 0.05) is 19.1 Å². The van der Waals surface area contributed by atoms with Crippen molar-refractivity contribution in [3.05, 3.63) is 0 Å². The topological polar surface area (TPSA) is 81.7 Å². The molecule has 1 aliphatic heterocycles. The van der Waals surface area contributed by atoms with E-state index in [1.165, 1.54) is 0 Å². The number of hydrogen-bond donors (Lipinski definition) is 3. The number of amides is 2. The minimum atomic E-state index is -0.849. The third-order valence-electron chi connectivity index (χ3n) is 3.22. The molecule has 0 saturated carbocycles. The van der Waals surface area contributed by atoms with E-state index in [0.717, 1.165) is 25.9 Å². The van der Waals surface area contributed by atoms with E-state index in [0.29, 0.717) is 6.42 Å². The zero-order chi connectivity index (χ0) is 13.5. The van der Waals surface area contributed by atoms with Crippen LogP contribution >= 0.6 is 0 Å². The lowest BCUT2D eigenvalue weighted by Crippen LogP contribution is -2.45. The summed E-state index contributed by atoms with van der Waals surface area (Å²) in [4.78, 5) is 24.7. The normalized spacial score (nSPS) is 21.6. The Bertz CT molecular complexity index is 296. The number of carbonyl (C=O) groups excluding carboxylic acids is 1. The molecule has 1 rings (SSSR count). The number of carboxylic acid groups (broad SMARTS) is 1. The van der Waals surface area contributed by atoms with Gasteiger partial charge in [0.15, 0.2) is 0 Å². The highest BCUT2D eigenvalue weighted by molar-refractivity contribution is 5.76. The molecule has 1 fully saturated rings. The van der Waals surface area contributed by atoms with Gasteiger partial charge in [-0.15, -0.1) is 0 Å². The molecule has 1 heterocycles. The Morgan fingerprint density at radius 1 is 1.50 bits per heavy atom. The molecular formula is C12H23N3O3. The van der Waals surface area contributed by atoms with Crippen molar-refractivity contribution >= 4 is 12.0 Å². The second-order valence-electron chi connectivity index (χ2n) is 4.93. The Morgan fingerprint density at radius 2 is 2.22 bits per heavy atom. The highest BCUT2D eigenvalue weighted by Crippen LogP contribution is 2.07. The van der Waals surface area contributed by atoms with E-state index in [-0.39, 0.29) is 18.6 Å². The molecule has 2 atom stereocenters. The summed E-state index contributed by atoms with van der Waals surface area (Å²) in [6, 6.07) is -0.0953. The number of nitrogens with zero attached hydrogens (tertiary/aromatic N) is 1. The summed E-state index contributed by atoms with van der Waals surface area (Å²) in [6.07, 6.45) is 2.33. The van der Waals surface area contributed by atoms with E-state index in [4.69, 9.17) is 5.11 Å². The minimum Gasteiger partial charge on any atom is -0.481 e. The highest BCUT2D eigenvalue weighted by Gasteiger charge is 2.22. The average molecular weight is 257 g/mol. The number of carbonyl (C=O) groups is 2. The van der Waals surface area contributed by atoms with Gasteiger partial charge in [0.25, 0.3) is 0 Å². The van der Waals surface area contributed by atoms with Gasteiger partial charge >= 0.3 is 12.0 Å². The van der Waals surface area contributed by atoms with Crippen LogP contribution < -0.4 is 10.6 Å². The summed E-state index contributed by atoms with van der Waals surface area (Å²) in [5, 5.41) is 14.5. The van der Waals surface area contributed by atoms with Crippen molar-refractivity contribution in [1.29, 1.82) is 0 Å². The molecule has 2 amide bonds. The quantitative estimate of drug-likeness (QED) is 0.647. The van der Waals surface area contributed by atoms with Gasteiger partial charge in [0.2, 0.25) is 0 Å². The van der Waals surface area contributed by atoms with Gasteiger partial charge in [0.05, 0.1) is 5.92 Å². The molecule has 0 aromatic carbocycles. The molecule has 1 aliphatic rings. The van der Waals surface area contributed by atoms with Crippen LogP contribution in [0.2, 0.25) is 0 Å². The maximum Gasteiger partial charge on any atom is 0.315 e. The van der Waals surface area contributed by atoms with Crippen LogP contribution in [0.4, 0.5) is 4.79 Å². The van der Waals surface area contributed by atoms with Gasteiger partial charge < -0.3 is 20.6 Å². The van der Waals surface area contributed by atoms with E-state index < -0.39 is 11.9 Å². The number of likely N-dealkylation sites (tertiary alicyclic amines) is 1. The van der Waals surface area contributed by atoms with E-state index in [1.54, 1.807) is 0 Å². The number of aliphatic carboxylic acids is 1. The monoisotopic (exact) mass is 257 g/mol. The number of nitrogens with one attached hydrogen (secondary N) is 2. The molecule has 0 radical (unpaired) electrons. The maximum absolute atomic E-state index is 11.6. The molecule has 0 spiro atoms. The van der Waals surface area contributed by atoms with Crippen LogP contribution in [0.3, 0.4) is 0 Å². The first-order valence-corrected chi connectivity index (χ1v) is 6.48. The lowest BCUT2D eigenvalue weighted by atomic mass is 10.0. The second kappa shape index (κ2) is 7.20. The standard InChI is InChI=1S/C12H23N3O3/c1-3-4-9(11(16)17)7-13-12(18)14-10-5-6-15(2)8-10/h9-10H,3-8H2,1-2H3,(H,16,17)(H2,13,14,18). The summed E-state index contributed by atoms with van der Waals surface area (Å²) >= 11 is 0. The first kappa shape index (κ1) is 14.8. The molecule has 0 aromatic rings. The van der Waals surface area contributed by atoms with E-state index in [1.807, 2.05) is 14.0 Å². The van der Waals surface area contributed by atoms with Crippen LogP contribution in [0.25, 0.3) is 0 Å². The molecule has 6 nitrogen and oxygen atoms in total. The fraction of sp³-hybridized carbons (Fsp3) is 0.833. The fourth-order valence-electron chi connectivity index (χ4n) is 2.17. The van der Waals surface area contributed by atoms with E-state index in [2.05, 4.69) is 15.5 Å². The minimum absolute atomic E-state index is 0.171. The van der Waals surface area contributed by atoms with Crippen molar-refractivity contribution in [3.8, 4) is 0 Å². The summed E-state index contributed by atoms with van der Waals surface area (Å²) in [6.45, 7) is 3.96. The van der Waals surface area contributed by atoms with Gasteiger partial charge in [-0.3, -0.25) is 4.79 Å². The SMILES string of the molecule is CCCC(CNC(=O)NC1CCN(C)C1)C(=O)O. The second-order valence-corrected chi connectivity index (χ2v) is 4.93. The summed E-state index contributed by atoms with van der Waals surface area (Å²) < 4.78 is 0. The van der Waals surface area contributed by atoms with Crippen molar-refractivity contribution < 1.29 is 14.7 Å². The van der Waals surface area contributed by atoms with Gasteiger partial charge in [-0.05, 0) is 26.4 Å². The Kier molecular flexibility index (Phi) is 5.91. The Hall–Kier alpha value is -1.30. The molecule has 104 valence electrons. The summed E-state index contributed by atoms with van der Waals surface area (Å²) in [7, 11) is 2.02. The molecule has 1 saturated heterocycles. The van der Waals surface area contributed by atoms with Crippen LogP contribution in [0.5, 0.6) is 0 Å². The van der Waals surface area contributed by atoms with Gasteiger partial charge in [0.1, 0.15) is 0 Å². The van der Waals surface area contributed by atoms with Crippen molar-refractivity contribution in [3.63, 3.8) is 0 Å². The molecule has 0 aromatic heterocycles. The fourth-order valence-corrected chi connectivity index (χ4v) is 2.17. The average Bonchev–Trinajstić information content (AvgIpc) is 2.69. The number of hydrogen-bond acceptors (Lipinski definition) is 3. The van der Waals surface area contributed by atoms with Crippen LogP contribution in [-0.4, -0.2) is 54.7 Å². The smallest absolute Gasteiger partial charge is 0.315 e. The van der Waals surface area contributed by atoms with Crippen molar-refractivity contribution in [2.24, 2.45) is 5.92 Å².